The molecule has 0 N–H and O–H groups in total. The van der Waals surface area contributed by atoms with Crippen LogP contribution >= 0.6 is 11.3 Å². The van der Waals surface area contributed by atoms with E-state index in [2.05, 4.69) is 18.5 Å². The molecule has 1 aromatic heterocycles. The third-order valence-corrected chi connectivity index (χ3v) is 6.53. The van der Waals surface area contributed by atoms with Gasteiger partial charge >= 0.3 is 0 Å². The Morgan fingerprint density at radius 1 is 1.52 bits per heavy atom. The van der Waals surface area contributed by atoms with Crippen LogP contribution in [-0.4, -0.2) is 36.5 Å². The molecule has 0 aromatic carbocycles. The molecule has 7 heteroatoms. The summed E-state index contributed by atoms with van der Waals surface area (Å²) in [6.45, 7) is 8.43. The van der Waals surface area contributed by atoms with Crippen molar-refractivity contribution < 1.29 is 13.2 Å². The minimum Gasteiger partial charge on any atom is -0.336 e. The highest BCUT2D eigenvalue weighted by Gasteiger charge is 2.22. The lowest BCUT2D eigenvalue weighted by Gasteiger charge is -2.19. The van der Waals surface area contributed by atoms with Gasteiger partial charge in [-0.25, -0.2) is 13.4 Å². The summed E-state index contributed by atoms with van der Waals surface area (Å²) in [5.74, 6) is 0.362. The number of amides is 1. The van der Waals surface area contributed by atoms with Crippen molar-refractivity contribution in [2.24, 2.45) is 5.92 Å². The first kappa shape index (κ1) is 18.1. The van der Waals surface area contributed by atoms with Crippen molar-refractivity contribution in [2.45, 2.75) is 46.1 Å². The van der Waals surface area contributed by atoms with Crippen LogP contribution in [0.4, 0.5) is 0 Å². The molecule has 0 fully saturated rings. The van der Waals surface area contributed by atoms with Crippen LogP contribution in [0.2, 0.25) is 0 Å². The Bertz CT molecular complexity index is 679. The number of hydrogen-bond donors (Lipinski definition) is 0. The second kappa shape index (κ2) is 7.57. The molecule has 1 heterocycles. The Morgan fingerprint density at radius 2 is 2.26 bits per heavy atom. The van der Waals surface area contributed by atoms with Crippen LogP contribution in [0.1, 0.15) is 42.3 Å². The molecule has 5 nitrogen and oxygen atoms in total. The van der Waals surface area contributed by atoms with Gasteiger partial charge in [0, 0.05) is 23.3 Å². The minimum atomic E-state index is -3.33. The molecular weight excluding hydrogens is 332 g/mol. The van der Waals surface area contributed by atoms with Gasteiger partial charge in [-0.15, -0.1) is 11.3 Å². The van der Waals surface area contributed by atoms with Gasteiger partial charge in [-0.1, -0.05) is 13.5 Å². The summed E-state index contributed by atoms with van der Waals surface area (Å²) in [7, 11) is -3.33. The van der Waals surface area contributed by atoms with Crippen LogP contribution in [0.3, 0.4) is 0 Å². The predicted molar refractivity (Wildman–Crippen MR) is 93.0 cm³/mol. The first-order chi connectivity index (χ1) is 10.8. The van der Waals surface area contributed by atoms with Crippen molar-refractivity contribution in [3.8, 4) is 0 Å². The second-order valence-corrected chi connectivity index (χ2v) is 9.25. The SMILES string of the molecule is C=CS(=O)(=O)CCC(=O)N(CC)Cc1nc2c(s1)CC(C)CC2. The van der Waals surface area contributed by atoms with Gasteiger partial charge in [-0.05, 0) is 32.1 Å². The average Bonchev–Trinajstić information content (AvgIpc) is 2.92. The van der Waals surface area contributed by atoms with E-state index in [1.165, 1.54) is 17.0 Å². The van der Waals surface area contributed by atoms with Crippen LogP contribution in [0.25, 0.3) is 0 Å². The molecule has 1 atom stereocenters. The summed E-state index contributed by atoms with van der Waals surface area (Å²) in [6.07, 6.45) is 3.26. The molecule has 1 aromatic rings. The van der Waals surface area contributed by atoms with Crippen LogP contribution in [0, 0.1) is 5.92 Å². The summed E-state index contributed by atoms with van der Waals surface area (Å²) < 4.78 is 22.9. The lowest BCUT2D eigenvalue weighted by molar-refractivity contribution is -0.131. The average molecular weight is 357 g/mol. The smallest absolute Gasteiger partial charge is 0.223 e. The van der Waals surface area contributed by atoms with Crippen molar-refractivity contribution in [3.63, 3.8) is 0 Å². The zero-order valence-corrected chi connectivity index (χ0v) is 15.4. The van der Waals surface area contributed by atoms with Gasteiger partial charge < -0.3 is 4.90 Å². The monoisotopic (exact) mass is 356 g/mol. The summed E-state index contributed by atoms with van der Waals surface area (Å²) in [4.78, 5) is 19.9. The maximum absolute atomic E-state index is 12.2. The maximum atomic E-state index is 12.2. The molecule has 0 bridgehead atoms. The van der Waals surface area contributed by atoms with Gasteiger partial charge in [-0.2, -0.15) is 0 Å². The Labute approximate surface area is 142 Å². The molecule has 0 saturated heterocycles. The largest absolute Gasteiger partial charge is 0.336 e. The number of thiazole rings is 1. The number of fused-ring (bicyclic) bond motifs is 1. The van der Waals surface area contributed by atoms with E-state index in [1.54, 1.807) is 16.2 Å². The number of rotatable bonds is 7. The molecule has 1 unspecified atom stereocenters. The van der Waals surface area contributed by atoms with Crippen LogP contribution in [0.15, 0.2) is 12.0 Å². The van der Waals surface area contributed by atoms with E-state index in [1.807, 2.05) is 6.92 Å². The van der Waals surface area contributed by atoms with E-state index < -0.39 is 9.84 Å². The first-order valence-corrected chi connectivity index (χ1v) is 10.5. The summed E-state index contributed by atoms with van der Waals surface area (Å²) >= 11 is 1.69. The quantitative estimate of drug-likeness (QED) is 0.753. The highest BCUT2D eigenvalue weighted by atomic mass is 32.2. The van der Waals surface area contributed by atoms with Gasteiger partial charge in [0.1, 0.15) is 5.01 Å². The predicted octanol–water partition coefficient (Wildman–Crippen LogP) is 2.56. The highest BCUT2D eigenvalue weighted by molar-refractivity contribution is 7.94. The third kappa shape index (κ3) is 4.88. The number of nitrogens with zero attached hydrogens (tertiary/aromatic N) is 2. The normalized spacial score (nSPS) is 17.6. The molecule has 2 rings (SSSR count). The summed E-state index contributed by atoms with van der Waals surface area (Å²) in [5, 5.41) is 1.86. The fourth-order valence-corrected chi connectivity index (χ4v) is 4.59. The number of carbonyl (C=O) groups excluding carboxylic acids is 1. The Balaban J connectivity index is 1.99. The Morgan fingerprint density at radius 3 is 2.91 bits per heavy atom. The molecule has 1 amide bonds. The van der Waals surface area contributed by atoms with E-state index in [4.69, 9.17) is 0 Å². The molecule has 0 aliphatic heterocycles. The van der Waals surface area contributed by atoms with Gasteiger partial charge in [0.05, 0.1) is 18.0 Å². The number of carbonyl (C=O) groups is 1. The molecule has 1 aliphatic rings. The lowest BCUT2D eigenvalue weighted by atomic mass is 9.93. The van der Waals surface area contributed by atoms with Crippen LogP contribution in [-0.2, 0) is 34.0 Å². The van der Waals surface area contributed by atoms with E-state index >= 15 is 0 Å². The molecule has 0 saturated carbocycles. The van der Waals surface area contributed by atoms with Crippen molar-refractivity contribution in [3.05, 3.63) is 27.6 Å². The van der Waals surface area contributed by atoms with E-state index in [9.17, 15) is 13.2 Å². The third-order valence-electron chi connectivity index (χ3n) is 4.15. The van der Waals surface area contributed by atoms with Gasteiger partial charge in [0.25, 0.3) is 0 Å². The number of sulfone groups is 1. The topological polar surface area (TPSA) is 67.3 Å². The molecule has 0 radical (unpaired) electrons. The molecule has 23 heavy (non-hydrogen) atoms. The zero-order valence-electron chi connectivity index (χ0n) is 13.7. The number of hydrogen-bond acceptors (Lipinski definition) is 5. The maximum Gasteiger partial charge on any atom is 0.223 e. The molecule has 0 spiro atoms. The van der Waals surface area contributed by atoms with Crippen molar-refractivity contribution in [2.75, 3.05) is 12.3 Å². The van der Waals surface area contributed by atoms with Crippen LogP contribution < -0.4 is 0 Å². The number of aryl methyl sites for hydroxylation is 1. The van der Waals surface area contributed by atoms with Crippen molar-refractivity contribution in [1.82, 2.24) is 9.88 Å². The summed E-state index contributed by atoms with van der Waals surface area (Å²) in [5.41, 5.74) is 1.18. The molecular formula is C16H24N2O3S2. The van der Waals surface area contributed by atoms with E-state index in [0.29, 0.717) is 19.0 Å². The summed E-state index contributed by atoms with van der Waals surface area (Å²) in [6, 6.07) is 0. The Kier molecular flexibility index (Phi) is 5.97. The standard InChI is InChI=1S/C16H24N2O3S2/c1-4-18(16(19)8-9-23(20,21)5-2)11-15-17-13-7-6-12(3)10-14(13)22-15/h5,12H,2,4,6-11H2,1,3H3. The zero-order chi connectivity index (χ0) is 17.0. The van der Waals surface area contributed by atoms with Crippen molar-refractivity contribution in [1.29, 1.82) is 0 Å². The van der Waals surface area contributed by atoms with E-state index in [0.717, 1.165) is 23.3 Å². The molecule has 128 valence electrons. The van der Waals surface area contributed by atoms with Gasteiger partial charge in [-0.3, -0.25) is 4.79 Å². The Hall–Kier alpha value is -1.21. The van der Waals surface area contributed by atoms with Gasteiger partial charge in [0.2, 0.25) is 5.91 Å². The first-order valence-electron chi connectivity index (χ1n) is 7.95. The fourth-order valence-electron chi connectivity index (χ4n) is 2.67. The van der Waals surface area contributed by atoms with E-state index in [-0.39, 0.29) is 18.1 Å². The lowest BCUT2D eigenvalue weighted by Crippen LogP contribution is -2.31. The van der Waals surface area contributed by atoms with Crippen LogP contribution in [0.5, 0.6) is 0 Å². The minimum absolute atomic E-state index is 0.00961. The van der Waals surface area contributed by atoms with Crippen molar-refractivity contribution >= 4 is 27.1 Å². The number of aromatic nitrogens is 1. The molecule has 1 aliphatic carbocycles. The highest BCUT2D eigenvalue weighted by Crippen LogP contribution is 2.30. The fraction of sp³-hybridized carbons (Fsp3) is 0.625. The second-order valence-electron chi connectivity index (χ2n) is 6.02. The van der Waals surface area contributed by atoms with Gasteiger partial charge in [0.15, 0.2) is 9.84 Å².